The summed E-state index contributed by atoms with van der Waals surface area (Å²) in [7, 11) is 0. The van der Waals surface area contributed by atoms with Crippen molar-refractivity contribution in [3.8, 4) is 11.3 Å². The van der Waals surface area contributed by atoms with Crippen LogP contribution in [-0.4, -0.2) is 34.8 Å². The highest BCUT2D eigenvalue weighted by molar-refractivity contribution is 9.10. The molecule has 0 saturated carbocycles. The monoisotopic (exact) mass is 503 g/mol. The number of nitrogens with zero attached hydrogens (tertiary/aromatic N) is 2. The number of thiazole rings is 1. The van der Waals surface area contributed by atoms with E-state index in [0.29, 0.717) is 27.9 Å². The maximum atomic E-state index is 12.4. The number of benzene rings is 1. The zero-order valence-electron chi connectivity index (χ0n) is 17.0. The number of rotatable bonds is 5. The van der Waals surface area contributed by atoms with Gasteiger partial charge >= 0.3 is 5.63 Å². The predicted octanol–water partition coefficient (Wildman–Crippen LogP) is 4.66. The van der Waals surface area contributed by atoms with E-state index in [9.17, 15) is 14.4 Å². The fraction of sp³-hybridized carbons (Fsp3) is 0.364. The van der Waals surface area contributed by atoms with Crippen molar-refractivity contribution in [1.82, 2.24) is 9.88 Å². The van der Waals surface area contributed by atoms with Gasteiger partial charge in [0.1, 0.15) is 5.58 Å². The second-order valence-electron chi connectivity index (χ2n) is 7.78. The molecule has 4 rings (SSSR count). The summed E-state index contributed by atoms with van der Waals surface area (Å²) < 4.78 is 6.26. The Bertz CT molecular complexity index is 1180. The molecular formula is C22H22BrN3O4S. The van der Waals surface area contributed by atoms with Crippen molar-refractivity contribution in [2.24, 2.45) is 5.92 Å². The maximum Gasteiger partial charge on any atom is 0.345 e. The number of anilines is 1. The van der Waals surface area contributed by atoms with E-state index in [2.05, 4.69) is 33.2 Å². The Morgan fingerprint density at radius 3 is 2.81 bits per heavy atom. The van der Waals surface area contributed by atoms with Gasteiger partial charge in [0.25, 0.3) is 0 Å². The zero-order chi connectivity index (χ0) is 22.0. The van der Waals surface area contributed by atoms with Gasteiger partial charge < -0.3 is 14.6 Å². The van der Waals surface area contributed by atoms with E-state index in [0.717, 1.165) is 35.8 Å². The molecule has 9 heteroatoms. The molecule has 2 amide bonds. The molecule has 7 nitrogen and oxygen atoms in total. The molecule has 0 aliphatic carbocycles. The molecule has 3 heterocycles. The quantitative estimate of drug-likeness (QED) is 0.511. The van der Waals surface area contributed by atoms with Crippen molar-refractivity contribution in [3.63, 3.8) is 0 Å². The summed E-state index contributed by atoms with van der Waals surface area (Å²) in [5.74, 6) is 0.397. The molecule has 1 aromatic carbocycles. The average molecular weight is 504 g/mol. The summed E-state index contributed by atoms with van der Waals surface area (Å²) in [6, 6.07) is 7.11. The van der Waals surface area contributed by atoms with Crippen molar-refractivity contribution in [2.75, 3.05) is 18.4 Å². The predicted molar refractivity (Wildman–Crippen MR) is 124 cm³/mol. The first-order valence-corrected chi connectivity index (χ1v) is 11.8. The Morgan fingerprint density at radius 1 is 1.26 bits per heavy atom. The number of amides is 2. The average Bonchev–Trinajstić information content (AvgIpc) is 3.20. The molecule has 1 aliphatic rings. The third kappa shape index (κ3) is 5.22. The van der Waals surface area contributed by atoms with Crippen molar-refractivity contribution < 1.29 is 14.0 Å². The van der Waals surface area contributed by atoms with Crippen LogP contribution in [0, 0.1) is 5.92 Å². The maximum absolute atomic E-state index is 12.4. The highest BCUT2D eigenvalue weighted by Crippen LogP contribution is 2.27. The first kappa shape index (κ1) is 21.7. The van der Waals surface area contributed by atoms with Gasteiger partial charge in [-0.25, -0.2) is 9.78 Å². The minimum Gasteiger partial charge on any atom is -0.422 e. The number of nitrogens with one attached hydrogen (secondary N) is 1. The van der Waals surface area contributed by atoms with E-state index in [-0.39, 0.29) is 24.7 Å². The Kier molecular flexibility index (Phi) is 6.52. The Morgan fingerprint density at radius 2 is 2.03 bits per heavy atom. The summed E-state index contributed by atoms with van der Waals surface area (Å²) in [5.41, 5.74) is 0.777. The molecule has 0 spiro atoms. The Hall–Kier alpha value is -2.52. The number of hydrogen-bond donors (Lipinski definition) is 1. The lowest BCUT2D eigenvalue weighted by atomic mass is 9.99. The van der Waals surface area contributed by atoms with Gasteiger partial charge in [-0.05, 0) is 43.0 Å². The fourth-order valence-corrected chi connectivity index (χ4v) is 4.65. The van der Waals surface area contributed by atoms with Gasteiger partial charge in [-0.15, -0.1) is 11.3 Å². The topological polar surface area (TPSA) is 92.5 Å². The van der Waals surface area contributed by atoms with E-state index >= 15 is 0 Å². The third-order valence-corrected chi connectivity index (χ3v) is 6.67. The summed E-state index contributed by atoms with van der Waals surface area (Å²) in [5, 5.41) is 5.57. The molecule has 0 unspecified atom stereocenters. The highest BCUT2D eigenvalue weighted by atomic mass is 79.9. The van der Waals surface area contributed by atoms with Crippen LogP contribution < -0.4 is 10.9 Å². The minimum atomic E-state index is -0.487. The van der Waals surface area contributed by atoms with Gasteiger partial charge in [0.15, 0.2) is 5.13 Å². The van der Waals surface area contributed by atoms with Crippen LogP contribution in [0.5, 0.6) is 0 Å². The van der Waals surface area contributed by atoms with Crippen LogP contribution in [0.25, 0.3) is 22.2 Å². The van der Waals surface area contributed by atoms with Gasteiger partial charge in [-0.1, -0.05) is 22.9 Å². The molecule has 1 aliphatic heterocycles. The van der Waals surface area contributed by atoms with E-state index in [4.69, 9.17) is 4.42 Å². The van der Waals surface area contributed by atoms with Crippen LogP contribution in [0.4, 0.5) is 5.13 Å². The zero-order valence-corrected chi connectivity index (χ0v) is 19.4. The van der Waals surface area contributed by atoms with Crippen LogP contribution in [0.1, 0.15) is 32.6 Å². The number of hydrogen-bond acceptors (Lipinski definition) is 6. The smallest absolute Gasteiger partial charge is 0.345 e. The number of halogens is 1. The summed E-state index contributed by atoms with van der Waals surface area (Å²) in [6.07, 6.45) is 2.31. The molecule has 0 radical (unpaired) electrons. The molecule has 31 heavy (non-hydrogen) atoms. The molecule has 162 valence electrons. The van der Waals surface area contributed by atoms with Crippen molar-refractivity contribution in [2.45, 2.75) is 32.6 Å². The molecule has 2 aromatic heterocycles. The van der Waals surface area contributed by atoms with Gasteiger partial charge in [-0.2, -0.15) is 0 Å². The lowest BCUT2D eigenvalue weighted by molar-refractivity contribution is -0.134. The van der Waals surface area contributed by atoms with Gasteiger partial charge in [0.2, 0.25) is 11.8 Å². The SMILES string of the molecule is CC1CCN(C(=O)CCC(=O)Nc2nc(-c3cc4cc(Br)ccc4oc3=O)cs2)CC1. The Labute approximate surface area is 191 Å². The third-order valence-electron chi connectivity index (χ3n) is 5.42. The van der Waals surface area contributed by atoms with E-state index in [1.807, 2.05) is 11.0 Å². The standard InChI is InChI=1S/C22H22BrN3O4S/c1-13-6-8-26(9-7-13)20(28)5-4-19(27)25-22-24-17(12-31-22)16-11-14-10-15(23)2-3-18(14)30-21(16)29/h2-3,10-13H,4-9H2,1H3,(H,24,25,27). The second-order valence-corrected chi connectivity index (χ2v) is 9.55. The van der Waals surface area contributed by atoms with Crippen LogP contribution in [-0.2, 0) is 9.59 Å². The molecule has 3 aromatic rings. The fourth-order valence-electron chi connectivity index (χ4n) is 3.55. The number of carbonyl (C=O) groups excluding carboxylic acids is 2. The molecule has 0 atom stereocenters. The summed E-state index contributed by atoms with van der Waals surface area (Å²) >= 11 is 4.63. The lowest BCUT2D eigenvalue weighted by Gasteiger charge is -2.30. The number of likely N-dealkylation sites (tertiary alicyclic amines) is 1. The summed E-state index contributed by atoms with van der Waals surface area (Å²) in [6.45, 7) is 3.73. The van der Waals surface area contributed by atoms with Gasteiger partial charge in [-0.3, -0.25) is 9.59 Å². The number of fused-ring (bicyclic) bond motifs is 1. The number of piperidine rings is 1. The number of aromatic nitrogens is 1. The van der Waals surface area contributed by atoms with Crippen molar-refractivity contribution in [1.29, 1.82) is 0 Å². The normalized spacial score (nSPS) is 14.7. The van der Waals surface area contributed by atoms with Crippen LogP contribution in [0.3, 0.4) is 0 Å². The van der Waals surface area contributed by atoms with E-state index < -0.39 is 5.63 Å². The van der Waals surface area contributed by atoms with E-state index in [1.54, 1.807) is 23.6 Å². The van der Waals surface area contributed by atoms with Gasteiger partial charge in [0.05, 0.1) is 11.3 Å². The van der Waals surface area contributed by atoms with Crippen LogP contribution >= 0.6 is 27.3 Å². The van der Waals surface area contributed by atoms with Crippen molar-refractivity contribution >= 4 is 55.2 Å². The molecule has 1 saturated heterocycles. The Balaban J connectivity index is 1.38. The highest BCUT2D eigenvalue weighted by Gasteiger charge is 2.21. The van der Waals surface area contributed by atoms with Gasteiger partial charge in [0, 0.05) is 41.2 Å². The molecular weight excluding hydrogens is 482 g/mol. The van der Waals surface area contributed by atoms with Crippen molar-refractivity contribution in [3.05, 3.63) is 44.5 Å². The first-order valence-electron chi connectivity index (χ1n) is 10.2. The molecule has 1 N–H and O–H groups in total. The molecule has 1 fully saturated rings. The summed E-state index contributed by atoms with van der Waals surface area (Å²) in [4.78, 5) is 43.1. The van der Waals surface area contributed by atoms with Crippen LogP contribution in [0.15, 0.2) is 43.3 Å². The van der Waals surface area contributed by atoms with E-state index in [1.165, 1.54) is 11.3 Å². The lowest BCUT2D eigenvalue weighted by Crippen LogP contribution is -2.38. The van der Waals surface area contributed by atoms with Crippen LogP contribution in [0.2, 0.25) is 0 Å². The minimum absolute atomic E-state index is 0.0156. The largest absolute Gasteiger partial charge is 0.422 e. The number of carbonyl (C=O) groups is 2. The molecule has 0 bridgehead atoms. The second kappa shape index (κ2) is 9.32. The first-order chi connectivity index (χ1) is 14.9.